The average molecular weight is 858 g/mol. The molecule has 0 N–H and O–H groups in total. The standard InChI is InChI=1S/C50H83NO10/c1-5-9-15-26-43(27-16-10-6-2)38-57-46(52)30-19-13-21-32-48(54)59-40-45(42-61-50(56)34-25-37-51-35-23-24-36-51)41-60-49(55)33-22-14-20-31-47(53)58-39-44(28-17-11-7-3)29-18-12-8-4/h5-8,43-45H,1-4,9-42H2. The van der Waals surface area contributed by atoms with Gasteiger partial charge in [-0.1, -0.05) is 37.1 Å². The monoisotopic (exact) mass is 858 g/mol. The first kappa shape index (κ1) is 55.3. The Morgan fingerprint density at radius 3 is 0.967 bits per heavy atom. The van der Waals surface area contributed by atoms with Crippen LogP contribution >= 0.6 is 0 Å². The van der Waals surface area contributed by atoms with Gasteiger partial charge < -0.3 is 28.6 Å². The molecular formula is C50H83NO10. The Morgan fingerprint density at radius 2 is 0.672 bits per heavy atom. The Labute approximate surface area is 369 Å². The molecule has 0 aromatic carbocycles. The third-order valence-corrected chi connectivity index (χ3v) is 11.1. The minimum atomic E-state index is -0.505. The number of rotatable bonds is 42. The van der Waals surface area contributed by atoms with E-state index in [1.54, 1.807) is 0 Å². The highest BCUT2D eigenvalue weighted by molar-refractivity contribution is 5.71. The van der Waals surface area contributed by atoms with E-state index < -0.39 is 17.9 Å². The molecule has 0 aliphatic carbocycles. The van der Waals surface area contributed by atoms with Gasteiger partial charge in [0.1, 0.15) is 19.8 Å². The lowest BCUT2D eigenvalue weighted by atomic mass is 9.96. The number of hydrogen-bond acceptors (Lipinski definition) is 11. The fraction of sp³-hybridized carbons (Fsp3) is 0.740. The highest BCUT2D eigenvalue weighted by atomic mass is 16.6. The van der Waals surface area contributed by atoms with E-state index in [9.17, 15) is 24.0 Å². The summed E-state index contributed by atoms with van der Waals surface area (Å²) in [4.78, 5) is 64.9. The molecule has 348 valence electrons. The van der Waals surface area contributed by atoms with E-state index in [0.717, 1.165) is 96.7 Å². The second-order valence-corrected chi connectivity index (χ2v) is 16.7. The van der Waals surface area contributed by atoms with E-state index in [1.807, 2.05) is 24.3 Å². The lowest BCUT2D eigenvalue weighted by molar-refractivity contribution is -0.153. The first-order chi connectivity index (χ1) is 29.7. The third-order valence-electron chi connectivity index (χ3n) is 11.1. The van der Waals surface area contributed by atoms with E-state index in [2.05, 4.69) is 31.2 Å². The second-order valence-electron chi connectivity index (χ2n) is 16.7. The largest absolute Gasteiger partial charge is 0.465 e. The van der Waals surface area contributed by atoms with E-state index in [0.29, 0.717) is 89.3 Å². The van der Waals surface area contributed by atoms with Crippen molar-refractivity contribution in [2.24, 2.45) is 17.8 Å². The predicted molar refractivity (Wildman–Crippen MR) is 243 cm³/mol. The molecule has 11 nitrogen and oxygen atoms in total. The van der Waals surface area contributed by atoms with Crippen molar-refractivity contribution in [3.63, 3.8) is 0 Å². The molecule has 0 aromatic rings. The maximum Gasteiger partial charge on any atom is 0.305 e. The topological polar surface area (TPSA) is 135 Å². The lowest BCUT2D eigenvalue weighted by Crippen LogP contribution is -2.27. The number of ether oxygens (including phenoxy) is 5. The van der Waals surface area contributed by atoms with Crippen molar-refractivity contribution in [1.29, 1.82) is 0 Å². The summed E-state index contributed by atoms with van der Waals surface area (Å²) in [6, 6.07) is 0. The molecule has 61 heavy (non-hydrogen) atoms. The highest BCUT2D eigenvalue weighted by Gasteiger charge is 2.19. The Morgan fingerprint density at radius 1 is 0.393 bits per heavy atom. The summed E-state index contributed by atoms with van der Waals surface area (Å²) in [7, 11) is 0. The zero-order valence-corrected chi connectivity index (χ0v) is 37.9. The van der Waals surface area contributed by atoms with Gasteiger partial charge in [0.25, 0.3) is 0 Å². The van der Waals surface area contributed by atoms with Gasteiger partial charge in [-0.2, -0.15) is 0 Å². The second kappa shape index (κ2) is 39.1. The molecule has 0 radical (unpaired) electrons. The van der Waals surface area contributed by atoms with Crippen molar-refractivity contribution in [3.05, 3.63) is 50.6 Å². The van der Waals surface area contributed by atoms with Gasteiger partial charge in [-0.25, -0.2) is 0 Å². The normalized spacial score (nSPS) is 12.6. The van der Waals surface area contributed by atoms with E-state index in [4.69, 9.17) is 23.7 Å². The van der Waals surface area contributed by atoms with E-state index >= 15 is 0 Å². The Hall–Kier alpha value is -3.73. The van der Waals surface area contributed by atoms with Crippen molar-refractivity contribution in [2.75, 3.05) is 52.7 Å². The smallest absolute Gasteiger partial charge is 0.305 e. The van der Waals surface area contributed by atoms with Crippen molar-refractivity contribution in [1.82, 2.24) is 4.90 Å². The number of allylic oxidation sites excluding steroid dienone is 4. The van der Waals surface area contributed by atoms with Crippen LogP contribution in [0.5, 0.6) is 0 Å². The lowest BCUT2D eigenvalue weighted by Gasteiger charge is -2.18. The van der Waals surface area contributed by atoms with Gasteiger partial charge in [0.15, 0.2) is 0 Å². The maximum absolute atomic E-state index is 12.6. The summed E-state index contributed by atoms with van der Waals surface area (Å²) in [5.41, 5.74) is 0. The summed E-state index contributed by atoms with van der Waals surface area (Å²) in [5.74, 6) is -1.38. The predicted octanol–water partition coefficient (Wildman–Crippen LogP) is 10.8. The van der Waals surface area contributed by atoms with Crippen LogP contribution in [-0.4, -0.2) is 87.4 Å². The molecule has 1 aliphatic heterocycles. The fourth-order valence-corrected chi connectivity index (χ4v) is 7.27. The summed E-state index contributed by atoms with van der Waals surface area (Å²) in [6.45, 7) is 18.9. The van der Waals surface area contributed by atoms with Crippen molar-refractivity contribution in [3.8, 4) is 0 Å². The number of likely N-dealkylation sites (tertiary alicyclic amines) is 1. The van der Waals surface area contributed by atoms with Crippen LogP contribution in [0.2, 0.25) is 0 Å². The van der Waals surface area contributed by atoms with Gasteiger partial charge in [-0.05, 0) is 153 Å². The molecular weight excluding hydrogens is 775 g/mol. The van der Waals surface area contributed by atoms with Crippen LogP contribution in [0.4, 0.5) is 0 Å². The number of nitrogens with zero attached hydrogens (tertiary/aromatic N) is 1. The average Bonchev–Trinajstić information content (AvgIpc) is 3.77. The van der Waals surface area contributed by atoms with Crippen LogP contribution in [0.1, 0.15) is 167 Å². The fourth-order valence-electron chi connectivity index (χ4n) is 7.27. The maximum atomic E-state index is 12.6. The summed E-state index contributed by atoms with van der Waals surface area (Å²) in [6.07, 6.45) is 27.7. The third kappa shape index (κ3) is 33.6. The molecule has 0 saturated carbocycles. The molecule has 1 saturated heterocycles. The Bertz CT molecular complexity index is 1130. The van der Waals surface area contributed by atoms with Crippen LogP contribution in [0.25, 0.3) is 0 Å². The molecule has 1 aliphatic rings. The zero-order valence-electron chi connectivity index (χ0n) is 37.9. The molecule has 11 heteroatoms. The van der Waals surface area contributed by atoms with Gasteiger partial charge >= 0.3 is 29.8 Å². The van der Waals surface area contributed by atoms with Gasteiger partial charge in [0.05, 0.1) is 19.1 Å². The Balaban J connectivity index is 2.43. The minimum Gasteiger partial charge on any atom is -0.465 e. The summed E-state index contributed by atoms with van der Waals surface area (Å²) >= 11 is 0. The Kier molecular flexibility index (Phi) is 35.5. The van der Waals surface area contributed by atoms with Crippen LogP contribution in [0.3, 0.4) is 0 Å². The van der Waals surface area contributed by atoms with E-state index in [-0.39, 0.29) is 50.6 Å². The number of esters is 5. The molecule has 0 atom stereocenters. The molecule has 1 rings (SSSR count). The number of hydrogen-bond donors (Lipinski definition) is 0. The van der Waals surface area contributed by atoms with Gasteiger partial charge in [-0.3, -0.25) is 24.0 Å². The molecule has 0 unspecified atom stereocenters. The van der Waals surface area contributed by atoms with Crippen LogP contribution < -0.4 is 0 Å². The first-order valence-electron chi connectivity index (χ1n) is 23.6. The van der Waals surface area contributed by atoms with Gasteiger partial charge in [0, 0.05) is 32.1 Å². The van der Waals surface area contributed by atoms with Crippen molar-refractivity contribution in [2.45, 2.75) is 167 Å². The van der Waals surface area contributed by atoms with E-state index in [1.165, 1.54) is 12.8 Å². The number of unbranched alkanes of at least 4 members (excludes halogenated alkanes) is 8. The molecule has 1 heterocycles. The van der Waals surface area contributed by atoms with Crippen LogP contribution in [-0.2, 0) is 47.7 Å². The molecule has 0 aromatic heterocycles. The van der Waals surface area contributed by atoms with Crippen molar-refractivity contribution >= 4 is 29.8 Å². The van der Waals surface area contributed by atoms with Crippen LogP contribution in [0, 0.1) is 17.8 Å². The number of carbonyl (C=O) groups excluding carboxylic acids is 5. The molecule has 0 amide bonds. The minimum absolute atomic E-state index is 0.0277. The SMILES string of the molecule is C=CCCCC(CCCC=C)COC(=O)CCCCCC(=O)OCC(COC(=O)CCCCCC(=O)OCC(CCCC=C)CCCC=C)COC(=O)CCCN1CCCC1. The molecule has 0 bridgehead atoms. The van der Waals surface area contributed by atoms with Gasteiger partial charge in [0.2, 0.25) is 0 Å². The highest BCUT2D eigenvalue weighted by Crippen LogP contribution is 2.20. The molecule has 1 fully saturated rings. The molecule has 0 spiro atoms. The zero-order chi connectivity index (χ0) is 44.6. The quantitative estimate of drug-likeness (QED) is 0.0251. The summed E-state index contributed by atoms with van der Waals surface area (Å²) in [5, 5.41) is 0. The van der Waals surface area contributed by atoms with Crippen LogP contribution in [0.15, 0.2) is 50.6 Å². The number of carbonyl (C=O) groups is 5. The van der Waals surface area contributed by atoms with Crippen molar-refractivity contribution < 1.29 is 47.7 Å². The summed E-state index contributed by atoms with van der Waals surface area (Å²) < 4.78 is 27.7. The first-order valence-corrected chi connectivity index (χ1v) is 23.6. The van der Waals surface area contributed by atoms with Gasteiger partial charge in [-0.15, -0.1) is 26.3 Å².